The number of carbonyl (C=O) groups is 4. The number of esters is 1. The van der Waals surface area contributed by atoms with Crippen LogP contribution < -0.4 is 5.32 Å². The van der Waals surface area contributed by atoms with Crippen molar-refractivity contribution in [1.82, 2.24) is 4.90 Å². The molecule has 0 aromatic carbocycles. The Morgan fingerprint density at radius 1 is 1.24 bits per heavy atom. The monoisotopic (exact) mass is 364 g/mol. The fourth-order valence-corrected chi connectivity index (χ4v) is 4.30. The molecule has 3 rings (SSSR count). The number of nitrogens with one attached hydrogen (secondary N) is 1. The third-order valence-corrected chi connectivity index (χ3v) is 5.70. The molecule has 0 bridgehead atoms. The molecular weight excluding hydrogens is 344 g/mol. The van der Waals surface area contributed by atoms with Crippen molar-refractivity contribution < 1.29 is 23.9 Å². The number of hydrogen-bond donors (Lipinski definition) is 1. The largest absolute Gasteiger partial charge is 0.465 e. The molecule has 1 aliphatic heterocycles. The maximum atomic E-state index is 12.4. The molecule has 3 amide bonds. The average Bonchev–Trinajstić information content (AvgIpc) is 3.17. The molecule has 1 aliphatic carbocycles. The highest BCUT2D eigenvalue weighted by Crippen LogP contribution is 2.38. The second-order valence-electron chi connectivity index (χ2n) is 6.28. The summed E-state index contributed by atoms with van der Waals surface area (Å²) < 4.78 is 4.66. The van der Waals surface area contributed by atoms with Crippen LogP contribution in [-0.4, -0.2) is 42.2 Å². The Balaban J connectivity index is 1.58. The lowest BCUT2D eigenvalue weighted by atomic mass is 9.81. The number of amides is 3. The lowest BCUT2D eigenvalue weighted by molar-refractivity contribution is -0.140. The minimum absolute atomic E-state index is 0.00732. The van der Waals surface area contributed by atoms with Crippen molar-refractivity contribution in [2.24, 2.45) is 11.8 Å². The zero-order chi connectivity index (χ0) is 18.0. The first kappa shape index (κ1) is 17.6. The van der Waals surface area contributed by atoms with E-state index in [0.29, 0.717) is 10.6 Å². The molecule has 2 atom stereocenters. The summed E-state index contributed by atoms with van der Waals surface area (Å²) in [5.74, 6) is -1.56. The first-order valence-corrected chi connectivity index (χ1v) is 9.21. The molecular formula is C17H20N2O5S. The highest BCUT2D eigenvalue weighted by atomic mass is 32.1. The van der Waals surface area contributed by atoms with Crippen LogP contribution in [0.3, 0.4) is 0 Å². The van der Waals surface area contributed by atoms with Gasteiger partial charge >= 0.3 is 5.97 Å². The number of fused-ring (bicyclic) bond motifs is 1. The van der Waals surface area contributed by atoms with Gasteiger partial charge < -0.3 is 10.1 Å². The van der Waals surface area contributed by atoms with Crippen molar-refractivity contribution in [2.75, 3.05) is 19.0 Å². The van der Waals surface area contributed by atoms with Gasteiger partial charge in [0, 0.05) is 13.0 Å². The van der Waals surface area contributed by atoms with Crippen LogP contribution in [0, 0.1) is 11.8 Å². The summed E-state index contributed by atoms with van der Waals surface area (Å²) >= 11 is 1.17. The molecule has 2 heterocycles. The SMILES string of the molecule is COC(=O)c1sccc1NC(=O)CCN1C(=O)[C@H]2CCCC[C@H]2C1=O. The van der Waals surface area contributed by atoms with Gasteiger partial charge in [-0.05, 0) is 24.3 Å². The molecule has 1 saturated carbocycles. The molecule has 25 heavy (non-hydrogen) atoms. The molecule has 134 valence electrons. The van der Waals surface area contributed by atoms with Gasteiger partial charge in [0.2, 0.25) is 17.7 Å². The van der Waals surface area contributed by atoms with Crippen LogP contribution in [0.2, 0.25) is 0 Å². The van der Waals surface area contributed by atoms with E-state index in [1.165, 1.54) is 23.3 Å². The first-order valence-electron chi connectivity index (χ1n) is 8.33. The van der Waals surface area contributed by atoms with Crippen LogP contribution in [0.5, 0.6) is 0 Å². The Morgan fingerprint density at radius 3 is 2.48 bits per heavy atom. The van der Waals surface area contributed by atoms with Gasteiger partial charge in [0.1, 0.15) is 4.88 Å². The second-order valence-corrected chi connectivity index (χ2v) is 7.19. The third-order valence-electron chi connectivity index (χ3n) is 4.80. The van der Waals surface area contributed by atoms with E-state index in [9.17, 15) is 19.2 Å². The van der Waals surface area contributed by atoms with Crippen LogP contribution >= 0.6 is 11.3 Å². The van der Waals surface area contributed by atoms with Gasteiger partial charge in [0.25, 0.3) is 0 Å². The highest BCUT2D eigenvalue weighted by molar-refractivity contribution is 7.12. The second kappa shape index (κ2) is 7.35. The number of rotatable bonds is 5. The summed E-state index contributed by atoms with van der Waals surface area (Å²) in [6, 6.07) is 1.62. The van der Waals surface area contributed by atoms with Crippen molar-refractivity contribution in [3.05, 3.63) is 16.3 Å². The minimum Gasteiger partial charge on any atom is -0.465 e. The van der Waals surface area contributed by atoms with Crippen LogP contribution in [0.1, 0.15) is 41.8 Å². The van der Waals surface area contributed by atoms with Crippen LogP contribution in [0.15, 0.2) is 11.4 Å². The predicted molar refractivity (Wildman–Crippen MR) is 91.1 cm³/mol. The first-order chi connectivity index (χ1) is 12.0. The zero-order valence-electron chi connectivity index (χ0n) is 13.9. The molecule has 1 aromatic rings. The molecule has 8 heteroatoms. The number of thiophene rings is 1. The van der Waals surface area contributed by atoms with E-state index in [2.05, 4.69) is 10.1 Å². The molecule has 0 radical (unpaired) electrons. The molecule has 1 aromatic heterocycles. The van der Waals surface area contributed by atoms with Crippen LogP contribution in [0.25, 0.3) is 0 Å². The number of likely N-dealkylation sites (tertiary alicyclic amines) is 1. The number of hydrogen-bond acceptors (Lipinski definition) is 6. The van der Waals surface area contributed by atoms with Gasteiger partial charge in [-0.2, -0.15) is 0 Å². The van der Waals surface area contributed by atoms with Gasteiger partial charge in [-0.15, -0.1) is 11.3 Å². The Bertz CT molecular complexity index is 690. The Morgan fingerprint density at radius 2 is 1.88 bits per heavy atom. The summed E-state index contributed by atoms with van der Waals surface area (Å²) in [5, 5.41) is 4.32. The summed E-state index contributed by atoms with van der Waals surface area (Å²) in [4.78, 5) is 50.1. The lowest BCUT2D eigenvalue weighted by Crippen LogP contribution is -2.34. The molecule has 2 aliphatic rings. The minimum atomic E-state index is -0.515. The highest BCUT2D eigenvalue weighted by Gasteiger charge is 2.47. The van der Waals surface area contributed by atoms with Gasteiger partial charge in [0.15, 0.2) is 0 Å². The van der Waals surface area contributed by atoms with Crippen molar-refractivity contribution >= 4 is 40.7 Å². The number of methoxy groups -OCH3 is 1. The van der Waals surface area contributed by atoms with E-state index in [1.807, 2.05) is 0 Å². The van der Waals surface area contributed by atoms with Gasteiger partial charge in [-0.25, -0.2) is 4.79 Å². The molecule has 0 spiro atoms. The smallest absolute Gasteiger partial charge is 0.350 e. The van der Waals surface area contributed by atoms with E-state index in [1.54, 1.807) is 11.4 Å². The van der Waals surface area contributed by atoms with Crippen molar-refractivity contribution in [3.8, 4) is 0 Å². The van der Waals surface area contributed by atoms with E-state index in [0.717, 1.165) is 25.7 Å². The van der Waals surface area contributed by atoms with E-state index in [4.69, 9.17) is 0 Å². The Labute approximate surface area is 149 Å². The van der Waals surface area contributed by atoms with E-state index >= 15 is 0 Å². The molecule has 1 saturated heterocycles. The Hall–Kier alpha value is -2.22. The fourth-order valence-electron chi connectivity index (χ4n) is 3.54. The topological polar surface area (TPSA) is 92.8 Å². The third kappa shape index (κ3) is 3.44. The standard InChI is InChI=1S/C17H20N2O5S/c1-24-17(23)14-12(7-9-25-14)18-13(20)6-8-19-15(21)10-4-2-3-5-11(10)16(19)22/h7,9-11H,2-6,8H2,1H3,(H,18,20)/t10-,11+. The maximum Gasteiger partial charge on any atom is 0.350 e. The molecule has 7 nitrogen and oxygen atoms in total. The average molecular weight is 364 g/mol. The van der Waals surface area contributed by atoms with Crippen molar-refractivity contribution in [1.29, 1.82) is 0 Å². The van der Waals surface area contributed by atoms with Crippen molar-refractivity contribution in [3.63, 3.8) is 0 Å². The lowest BCUT2D eigenvalue weighted by Gasteiger charge is -2.19. The van der Waals surface area contributed by atoms with Crippen LogP contribution in [0.4, 0.5) is 5.69 Å². The van der Waals surface area contributed by atoms with E-state index in [-0.39, 0.29) is 42.5 Å². The zero-order valence-corrected chi connectivity index (χ0v) is 14.8. The molecule has 1 N–H and O–H groups in total. The summed E-state index contributed by atoms with van der Waals surface area (Å²) in [6.07, 6.45) is 3.48. The molecule has 0 unspecified atom stereocenters. The quantitative estimate of drug-likeness (QED) is 0.637. The fraction of sp³-hybridized carbons (Fsp3) is 0.529. The summed E-state index contributed by atoms with van der Waals surface area (Å²) in [5.41, 5.74) is 0.384. The number of anilines is 1. The van der Waals surface area contributed by atoms with E-state index < -0.39 is 5.97 Å². The predicted octanol–water partition coefficient (Wildman–Crippen LogP) is 2.04. The number of ether oxygens (including phenoxy) is 1. The summed E-state index contributed by atoms with van der Waals surface area (Å²) in [7, 11) is 1.28. The van der Waals surface area contributed by atoms with Crippen molar-refractivity contribution in [2.45, 2.75) is 32.1 Å². The van der Waals surface area contributed by atoms with Crippen LogP contribution in [-0.2, 0) is 19.1 Å². The normalized spacial score (nSPS) is 22.7. The van der Waals surface area contributed by atoms with Gasteiger partial charge in [0.05, 0.1) is 24.6 Å². The number of carbonyl (C=O) groups excluding carboxylic acids is 4. The maximum absolute atomic E-state index is 12.4. The van der Waals surface area contributed by atoms with Gasteiger partial charge in [-0.1, -0.05) is 12.8 Å². The number of nitrogens with zero attached hydrogens (tertiary/aromatic N) is 1. The number of imide groups is 1. The Kier molecular flexibility index (Phi) is 5.17. The summed E-state index contributed by atoms with van der Waals surface area (Å²) in [6.45, 7) is 0.0776. The molecule has 2 fully saturated rings. The van der Waals surface area contributed by atoms with Gasteiger partial charge in [-0.3, -0.25) is 19.3 Å².